The lowest BCUT2D eigenvalue weighted by atomic mass is 9.99. The van der Waals surface area contributed by atoms with Crippen molar-refractivity contribution in [3.8, 4) is 0 Å². The van der Waals surface area contributed by atoms with Crippen LogP contribution in [0.2, 0.25) is 0 Å². The highest BCUT2D eigenvalue weighted by molar-refractivity contribution is 8.15. The Hall–Kier alpha value is -0.840. The summed E-state index contributed by atoms with van der Waals surface area (Å²) in [6.45, 7) is 8.13. The highest BCUT2D eigenvalue weighted by atomic mass is 32.2. The zero-order chi connectivity index (χ0) is 11.9. The maximum atomic E-state index is 12.0. The summed E-state index contributed by atoms with van der Waals surface area (Å²) in [4.78, 5) is 16.6. The third-order valence-corrected chi connectivity index (χ3v) is 3.94. The van der Waals surface area contributed by atoms with Gasteiger partial charge in [-0.15, -0.1) is 0 Å². The minimum atomic E-state index is -0.159. The maximum absolute atomic E-state index is 12.0. The van der Waals surface area contributed by atoms with Gasteiger partial charge in [0.25, 0.3) is 5.91 Å². The molecule has 1 fully saturated rings. The zero-order valence-electron chi connectivity index (χ0n) is 10.1. The van der Waals surface area contributed by atoms with Gasteiger partial charge in [-0.05, 0) is 27.2 Å². The van der Waals surface area contributed by atoms with Crippen molar-refractivity contribution in [2.45, 2.75) is 51.3 Å². The average Bonchev–Trinajstić information content (AvgIpc) is 2.38. The molecule has 16 heavy (non-hydrogen) atoms. The lowest BCUT2D eigenvalue weighted by Crippen LogP contribution is -2.27. The largest absolute Gasteiger partial charge is 0.271 e. The Labute approximate surface area is 100 Å². The summed E-state index contributed by atoms with van der Waals surface area (Å²) in [6, 6.07) is 0. The van der Waals surface area contributed by atoms with Gasteiger partial charge in [0.1, 0.15) is 0 Å². The van der Waals surface area contributed by atoms with Gasteiger partial charge in [-0.2, -0.15) is 10.1 Å². The van der Waals surface area contributed by atoms with Crippen LogP contribution in [0.1, 0.15) is 40.5 Å². The number of amides is 1. The number of rotatable bonds is 1. The van der Waals surface area contributed by atoms with Gasteiger partial charge < -0.3 is 0 Å². The van der Waals surface area contributed by atoms with Gasteiger partial charge in [-0.25, -0.2) is 0 Å². The van der Waals surface area contributed by atoms with E-state index in [1.807, 2.05) is 13.8 Å². The van der Waals surface area contributed by atoms with Crippen molar-refractivity contribution in [3.63, 3.8) is 0 Å². The summed E-state index contributed by atoms with van der Waals surface area (Å²) in [5.41, 5.74) is 0.808. The standard InChI is InChI=1S/C11H17N3OS/c1-5-8-9(15)14-10(16-8)12-11(3,4)6-7(2)13-14/h8H,5-6H2,1-4H3. The number of thioether (sulfide) groups is 1. The number of carbonyl (C=O) groups is 1. The van der Waals surface area contributed by atoms with Crippen LogP contribution in [0.3, 0.4) is 0 Å². The predicted molar refractivity (Wildman–Crippen MR) is 67.8 cm³/mol. The highest BCUT2D eigenvalue weighted by Crippen LogP contribution is 2.33. The molecule has 0 saturated carbocycles. The first-order valence-corrected chi connectivity index (χ1v) is 6.45. The fourth-order valence-corrected chi connectivity index (χ4v) is 3.16. The highest BCUT2D eigenvalue weighted by Gasteiger charge is 2.40. The molecule has 0 radical (unpaired) electrons. The molecular formula is C11H17N3OS. The Morgan fingerprint density at radius 3 is 2.88 bits per heavy atom. The van der Waals surface area contributed by atoms with Crippen LogP contribution >= 0.6 is 11.8 Å². The minimum Gasteiger partial charge on any atom is -0.271 e. The SMILES string of the molecule is CCC1SC2=NC(C)(C)CC(C)=NN2C1=O. The van der Waals surface area contributed by atoms with Crippen molar-refractivity contribution in [1.82, 2.24) is 5.01 Å². The smallest absolute Gasteiger partial charge is 0.262 e. The summed E-state index contributed by atoms with van der Waals surface area (Å²) in [5.74, 6) is 0.0725. The molecule has 2 aliphatic heterocycles. The van der Waals surface area contributed by atoms with Crippen LogP contribution in [0.15, 0.2) is 10.1 Å². The third kappa shape index (κ3) is 2.00. The second-order valence-corrected chi connectivity index (χ2v) is 6.05. The van der Waals surface area contributed by atoms with Crippen molar-refractivity contribution in [1.29, 1.82) is 0 Å². The molecule has 0 aliphatic carbocycles. The van der Waals surface area contributed by atoms with E-state index in [-0.39, 0.29) is 16.7 Å². The number of hydrogen-bond acceptors (Lipinski definition) is 4. The summed E-state index contributed by atoms with van der Waals surface area (Å²) in [7, 11) is 0. The monoisotopic (exact) mass is 239 g/mol. The van der Waals surface area contributed by atoms with Gasteiger partial charge >= 0.3 is 0 Å². The molecule has 2 rings (SSSR count). The summed E-state index contributed by atoms with van der Waals surface area (Å²) < 4.78 is 0. The van der Waals surface area contributed by atoms with E-state index in [1.54, 1.807) is 0 Å². The number of fused-ring (bicyclic) bond motifs is 1. The maximum Gasteiger partial charge on any atom is 0.262 e. The number of hydrazone groups is 1. The van der Waals surface area contributed by atoms with Crippen LogP contribution in [-0.4, -0.2) is 32.6 Å². The van der Waals surface area contributed by atoms with E-state index in [1.165, 1.54) is 16.8 Å². The van der Waals surface area contributed by atoms with Crippen molar-refractivity contribution < 1.29 is 4.79 Å². The van der Waals surface area contributed by atoms with Crippen LogP contribution in [0, 0.1) is 0 Å². The Bertz CT molecular complexity index is 387. The quantitative estimate of drug-likeness (QED) is 0.704. The van der Waals surface area contributed by atoms with Gasteiger partial charge in [-0.3, -0.25) is 9.79 Å². The third-order valence-electron chi connectivity index (χ3n) is 2.64. The molecule has 1 unspecified atom stereocenters. The zero-order valence-corrected chi connectivity index (χ0v) is 11.0. The Balaban J connectivity index is 2.39. The first kappa shape index (κ1) is 11.6. The lowest BCUT2D eigenvalue weighted by molar-refractivity contribution is -0.126. The first-order valence-electron chi connectivity index (χ1n) is 5.57. The van der Waals surface area contributed by atoms with Crippen LogP contribution in [0.5, 0.6) is 0 Å². The molecule has 88 valence electrons. The van der Waals surface area contributed by atoms with Gasteiger partial charge in [-0.1, -0.05) is 18.7 Å². The van der Waals surface area contributed by atoms with Crippen LogP contribution < -0.4 is 0 Å². The van der Waals surface area contributed by atoms with Gasteiger partial charge in [0.05, 0.1) is 10.8 Å². The lowest BCUT2D eigenvalue weighted by Gasteiger charge is -2.17. The average molecular weight is 239 g/mol. The number of aliphatic imine (C=N–C) groups is 1. The molecular weight excluding hydrogens is 222 g/mol. The number of carbonyl (C=O) groups excluding carboxylic acids is 1. The van der Waals surface area contributed by atoms with Crippen molar-refractivity contribution >= 4 is 28.5 Å². The van der Waals surface area contributed by atoms with E-state index >= 15 is 0 Å². The van der Waals surface area contributed by atoms with Gasteiger partial charge in [0, 0.05) is 12.1 Å². The molecule has 1 saturated heterocycles. The molecule has 1 amide bonds. The molecule has 1 atom stereocenters. The number of nitrogens with zero attached hydrogens (tertiary/aromatic N) is 3. The van der Waals surface area contributed by atoms with Gasteiger partial charge in [0.2, 0.25) is 0 Å². The molecule has 0 aromatic heterocycles. The molecule has 0 aromatic carbocycles. The molecule has 0 spiro atoms. The van der Waals surface area contributed by atoms with E-state index in [9.17, 15) is 4.79 Å². The van der Waals surface area contributed by atoms with Crippen molar-refractivity contribution in [2.24, 2.45) is 10.1 Å². The summed E-state index contributed by atoms with van der Waals surface area (Å²) in [5, 5.41) is 6.60. The molecule has 2 heterocycles. The van der Waals surface area contributed by atoms with E-state index < -0.39 is 0 Å². The predicted octanol–water partition coefficient (Wildman–Crippen LogP) is 2.25. The fraction of sp³-hybridized carbons (Fsp3) is 0.727. The molecule has 2 aliphatic rings. The second-order valence-electron chi connectivity index (χ2n) is 4.88. The minimum absolute atomic E-state index is 0.0100. The molecule has 0 N–H and O–H groups in total. The Morgan fingerprint density at radius 1 is 1.56 bits per heavy atom. The van der Waals surface area contributed by atoms with Crippen LogP contribution in [0.4, 0.5) is 0 Å². The topological polar surface area (TPSA) is 45.0 Å². The number of amidine groups is 1. The summed E-state index contributed by atoms with van der Waals surface area (Å²) >= 11 is 1.54. The van der Waals surface area contributed by atoms with E-state index in [0.717, 1.165) is 23.7 Å². The van der Waals surface area contributed by atoms with Crippen molar-refractivity contribution in [2.75, 3.05) is 0 Å². The first-order chi connectivity index (χ1) is 7.43. The molecule has 0 bridgehead atoms. The second kappa shape index (κ2) is 3.87. The fourth-order valence-electron chi connectivity index (χ4n) is 2.01. The van der Waals surface area contributed by atoms with Crippen LogP contribution in [0.25, 0.3) is 0 Å². The Kier molecular flexibility index (Phi) is 2.82. The van der Waals surface area contributed by atoms with E-state index in [4.69, 9.17) is 0 Å². The van der Waals surface area contributed by atoms with E-state index in [2.05, 4.69) is 23.9 Å². The number of hydrogen-bond donors (Lipinski definition) is 0. The van der Waals surface area contributed by atoms with E-state index in [0.29, 0.717) is 0 Å². The Morgan fingerprint density at radius 2 is 2.25 bits per heavy atom. The van der Waals surface area contributed by atoms with Gasteiger partial charge in [0.15, 0.2) is 5.17 Å². The summed E-state index contributed by atoms with van der Waals surface area (Å²) in [6.07, 6.45) is 1.63. The molecule has 0 aromatic rings. The normalized spacial score (nSPS) is 28.4. The van der Waals surface area contributed by atoms with Crippen molar-refractivity contribution in [3.05, 3.63) is 0 Å². The van der Waals surface area contributed by atoms with Crippen LogP contribution in [-0.2, 0) is 4.79 Å². The molecule has 4 nitrogen and oxygen atoms in total. The molecule has 5 heteroatoms.